The summed E-state index contributed by atoms with van der Waals surface area (Å²) in [5.41, 5.74) is 2.01. The van der Waals surface area contributed by atoms with Gasteiger partial charge in [0.15, 0.2) is 5.78 Å². The average Bonchev–Trinajstić information content (AvgIpc) is 2.68. The highest BCUT2D eigenvalue weighted by molar-refractivity contribution is 6.11. The zero-order valence-electron chi connectivity index (χ0n) is 15.0. The second-order valence-electron chi connectivity index (χ2n) is 5.81. The molecule has 0 saturated carbocycles. The van der Waals surface area contributed by atoms with E-state index < -0.39 is 0 Å². The summed E-state index contributed by atoms with van der Waals surface area (Å²) < 4.78 is 11.3. The number of ketones is 1. The molecule has 0 aromatic heterocycles. The number of allylic oxidation sites excluding steroid dienone is 1. The number of unbranched alkanes of at least 4 members (excludes halogenated alkanes) is 2. The van der Waals surface area contributed by atoms with Crippen molar-refractivity contribution in [2.75, 3.05) is 13.7 Å². The highest BCUT2D eigenvalue weighted by Crippen LogP contribution is 2.31. The minimum atomic E-state index is -0.0895. The van der Waals surface area contributed by atoms with E-state index in [9.17, 15) is 4.79 Å². The van der Waals surface area contributed by atoms with Gasteiger partial charge in [-0.05, 0) is 30.9 Å². The Labute approximate surface area is 154 Å². The van der Waals surface area contributed by atoms with E-state index in [2.05, 4.69) is 12.6 Å². The van der Waals surface area contributed by atoms with Crippen molar-refractivity contribution in [3.05, 3.63) is 71.8 Å². The predicted molar refractivity (Wildman–Crippen MR) is 102 cm³/mol. The number of nitrogens with zero attached hydrogens (tertiary/aromatic N) is 1. The molecule has 4 heteroatoms. The Morgan fingerprint density at radius 3 is 2.62 bits per heavy atom. The molecule has 0 radical (unpaired) electrons. The van der Waals surface area contributed by atoms with Crippen LogP contribution < -0.4 is 9.47 Å². The largest absolute Gasteiger partial charge is 0.496 e. The Morgan fingerprint density at radius 1 is 1.19 bits per heavy atom. The van der Waals surface area contributed by atoms with Gasteiger partial charge >= 0.3 is 0 Å². The van der Waals surface area contributed by atoms with E-state index in [0.717, 1.165) is 18.4 Å². The highest BCUT2D eigenvalue weighted by Gasteiger charge is 2.18. The van der Waals surface area contributed by atoms with Crippen molar-refractivity contribution in [1.29, 1.82) is 5.26 Å². The molecule has 0 aliphatic rings. The van der Waals surface area contributed by atoms with E-state index in [1.165, 1.54) is 0 Å². The minimum absolute atomic E-state index is 0.0895. The van der Waals surface area contributed by atoms with E-state index in [0.29, 0.717) is 42.1 Å². The molecule has 2 aromatic carbocycles. The average molecular weight is 349 g/mol. The first kappa shape index (κ1) is 19.3. The molecule has 26 heavy (non-hydrogen) atoms. The number of benzene rings is 2. The molecule has 0 saturated heterocycles. The zero-order chi connectivity index (χ0) is 18.8. The van der Waals surface area contributed by atoms with Crippen LogP contribution in [0.2, 0.25) is 0 Å². The Kier molecular flexibility index (Phi) is 7.45. The fraction of sp³-hybridized carbons (Fsp3) is 0.273. The van der Waals surface area contributed by atoms with Gasteiger partial charge in [-0.3, -0.25) is 4.79 Å². The molecule has 0 heterocycles. The second-order valence-corrected chi connectivity index (χ2v) is 5.81. The Morgan fingerprint density at radius 2 is 1.96 bits per heavy atom. The van der Waals surface area contributed by atoms with E-state index in [1.54, 1.807) is 31.4 Å². The fourth-order valence-electron chi connectivity index (χ4n) is 2.63. The molecule has 4 nitrogen and oxygen atoms in total. The maximum absolute atomic E-state index is 12.8. The lowest BCUT2D eigenvalue weighted by molar-refractivity contribution is 0.103. The molecule has 0 aliphatic carbocycles. The lowest BCUT2D eigenvalue weighted by Crippen LogP contribution is -2.07. The maximum Gasteiger partial charge on any atom is 0.196 e. The molecule has 134 valence electrons. The molecular formula is C22H23NO3. The lowest BCUT2D eigenvalue weighted by Gasteiger charge is -2.15. The number of carbonyl (C=O) groups is 1. The van der Waals surface area contributed by atoms with Gasteiger partial charge in [0, 0.05) is 18.1 Å². The molecule has 0 fully saturated rings. The summed E-state index contributed by atoms with van der Waals surface area (Å²) in [7, 11) is 1.54. The van der Waals surface area contributed by atoms with E-state index >= 15 is 0 Å². The minimum Gasteiger partial charge on any atom is -0.496 e. The van der Waals surface area contributed by atoms with Gasteiger partial charge in [-0.1, -0.05) is 36.4 Å². The Balaban J connectivity index is 2.29. The first-order chi connectivity index (χ1) is 12.7. The molecule has 0 bridgehead atoms. The van der Waals surface area contributed by atoms with Crippen LogP contribution in [0, 0.1) is 11.3 Å². The van der Waals surface area contributed by atoms with Crippen LogP contribution >= 0.6 is 0 Å². The van der Waals surface area contributed by atoms with Crippen LogP contribution in [0.5, 0.6) is 11.5 Å². The number of hydrogen-bond acceptors (Lipinski definition) is 4. The number of ether oxygens (including phenoxy) is 2. The number of methoxy groups -OCH3 is 1. The first-order valence-electron chi connectivity index (χ1n) is 8.62. The summed E-state index contributed by atoms with van der Waals surface area (Å²) in [5, 5.41) is 8.59. The third-order valence-corrected chi connectivity index (χ3v) is 3.97. The molecule has 0 N–H and O–H groups in total. The standard InChI is InChI=1S/C22H23NO3/c1-3-10-18-15-19(22(24)17-11-6-4-7-12-17)21(25-2)16-20(18)26-14-9-5-8-13-23/h3-4,6-7,11-12,15-16H,1,5,8-10,14H2,2H3. The summed E-state index contributed by atoms with van der Waals surface area (Å²) in [6.07, 6.45) is 4.49. The summed E-state index contributed by atoms with van der Waals surface area (Å²) in [5.74, 6) is 1.08. The molecular weight excluding hydrogens is 326 g/mol. The van der Waals surface area contributed by atoms with Gasteiger partial charge in [-0.25, -0.2) is 0 Å². The normalized spacial score (nSPS) is 10.0. The summed E-state index contributed by atoms with van der Waals surface area (Å²) >= 11 is 0. The van der Waals surface area contributed by atoms with Gasteiger partial charge in [-0.15, -0.1) is 6.58 Å². The van der Waals surface area contributed by atoms with E-state index in [1.807, 2.05) is 24.3 Å². The molecule has 2 rings (SSSR count). The van der Waals surface area contributed by atoms with Crippen LogP contribution in [0.3, 0.4) is 0 Å². The van der Waals surface area contributed by atoms with Crippen molar-refractivity contribution >= 4 is 5.78 Å². The fourth-order valence-corrected chi connectivity index (χ4v) is 2.63. The van der Waals surface area contributed by atoms with Crippen LogP contribution in [0.1, 0.15) is 40.7 Å². The summed E-state index contributed by atoms with van der Waals surface area (Å²) in [6, 6.07) is 14.8. The van der Waals surface area contributed by atoms with Gasteiger partial charge in [0.05, 0.1) is 25.3 Å². The first-order valence-corrected chi connectivity index (χ1v) is 8.62. The van der Waals surface area contributed by atoms with Crippen molar-refractivity contribution < 1.29 is 14.3 Å². The van der Waals surface area contributed by atoms with E-state index in [-0.39, 0.29) is 5.78 Å². The molecule has 0 aliphatic heterocycles. The van der Waals surface area contributed by atoms with Gasteiger partial charge in [0.25, 0.3) is 0 Å². The van der Waals surface area contributed by atoms with Crippen molar-refractivity contribution in [1.82, 2.24) is 0 Å². The Bertz CT molecular complexity index is 791. The molecule has 0 amide bonds. The van der Waals surface area contributed by atoms with Gasteiger partial charge in [0.1, 0.15) is 11.5 Å². The number of hydrogen-bond donors (Lipinski definition) is 0. The number of nitriles is 1. The topological polar surface area (TPSA) is 59.3 Å². The second kappa shape index (κ2) is 10.0. The van der Waals surface area contributed by atoms with Crippen molar-refractivity contribution in [3.8, 4) is 17.6 Å². The molecule has 0 spiro atoms. The number of rotatable bonds is 10. The SMILES string of the molecule is C=CCc1cc(C(=O)c2ccccc2)c(OC)cc1OCCCCC#N. The summed E-state index contributed by atoms with van der Waals surface area (Å²) in [6.45, 7) is 4.30. The summed E-state index contributed by atoms with van der Waals surface area (Å²) in [4.78, 5) is 12.8. The van der Waals surface area contributed by atoms with Gasteiger partial charge in [-0.2, -0.15) is 5.26 Å². The van der Waals surface area contributed by atoms with Crippen molar-refractivity contribution in [3.63, 3.8) is 0 Å². The van der Waals surface area contributed by atoms with Gasteiger partial charge < -0.3 is 9.47 Å². The molecule has 0 unspecified atom stereocenters. The van der Waals surface area contributed by atoms with Crippen LogP contribution in [0.4, 0.5) is 0 Å². The Hall–Kier alpha value is -3.06. The predicted octanol–water partition coefficient (Wildman–Crippen LogP) is 4.73. The molecule has 0 atom stereocenters. The third-order valence-electron chi connectivity index (χ3n) is 3.97. The van der Waals surface area contributed by atoms with Crippen LogP contribution in [0.15, 0.2) is 55.1 Å². The smallest absolute Gasteiger partial charge is 0.196 e. The van der Waals surface area contributed by atoms with Crippen LogP contribution in [-0.2, 0) is 6.42 Å². The van der Waals surface area contributed by atoms with Crippen LogP contribution in [-0.4, -0.2) is 19.5 Å². The maximum atomic E-state index is 12.8. The third kappa shape index (κ3) is 4.97. The zero-order valence-corrected chi connectivity index (χ0v) is 15.0. The quantitative estimate of drug-likeness (QED) is 0.353. The van der Waals surface area contributed by atoms with E-state index in [4.69, 9.17) is 14.7 Å². The van der Waals surface area contributed by atoms with Crippen molar-refractivity contribution in [2.24, 2.45) is 0 Å². The highest BCUT2D eigenvalue weighted by atomic mass is 16.5. The van der Waals surface area contributed by atoms with Crippen LogP contribution in [0.25, 0.3) is 0 Å². The number of carbonyl (C=O) groups excluding carboxylic acids is 1. The van der Waals surface area contributed by atoms with Gasteiger partial charge in [0.2, 0.25) is 0 Å². The molecule has 2 aromatic rings. The lowest BCUT2D eigenvalue weighted by atomic mass is 9.98. The van der Waals surface area contributed by atoms with Crippen molar-refractivity contribution in [2.45, 2.75) is 25.7 Å². The monoisotopic (exact) mass is 349 g/mol.